The third kappa shape index (κ3) is 9.45. The zero-order valence-corrected chi connectivity index (χ0v) is 17.0. The van der Waals surface area contributed by atoms with E-state index in [1.54, 1.807) is 0 Å². The van der Waals surface area contributed by atoms with Crippen molar-refractivity contribution in [1.82, 2.24) is 16.2 Å². The van der Waals surface area contributed by atoms with Crippen molar-refractivity contribution in [3.05, 3.63) is 24.3 Å². The lowest BCUT2D eigenvalue weighted by atomic mass is 9.99. The Morgan fingerprint density at radius 2 is 1.72 bits per heavy atom. The highest BCUT2D eigenvalue weighted by atomic mass is 32.1. The van der Waals surface area contributed by atoms with Crippen molar-refractivity contribution in [2.24, 2.45) is 5.92 Å². The molecule has 0 spiro atoms. The number of benzene rings is 1. The van der Waals surface area contributed by atoms with Crippen molar-refractivity contribution in [3.8, 4) is 5.75 Å². The van der Waals surface area contributed by atoms with E-state index >= 15 is 0 Å². The van der Waals surface area contributed by atoms with Gasteiger partial charge in [0.1, 0.15) is 5.75 Å². The first-order valence-corrected chi connectivity index (χ1v) is 9.74. The Labute approximate surface area is 162 Å². The predicted molar refractivity (Wildman–Crippen MR) is 114 cm³/mol. The maximum absolute atomic E-state index is 5.41. The number of nitrogens with one attached hydrogen (secondary N) is 4. The van der Waals surface area contributed by atoms with Crippen LogP contribution in [0.2, 0.25) is 0 Å². The van der Waals surface area contributed by atoms with Crippen molar-refractivity contribution < 1.29 is 4.74 Å². The highest BCUT2D eigenvalue weighted by Crippen LogP contribution is 2.15. The molecule has 1 rings (SSSR count). The Balaban J connectivity index is 2.27. The summed E-state index contributed by atoms with van der Waals surface area (Å²) in [6.45, 7) is 7.92. The summed E-state index contributed by atoms with van der Waals surface area (Å²) in [6, 6.07) is 7.62. The average Bonchev–Trinajstić information content (AvgIpc) is 2.62. The van der Waals surface area contributed by atoms with Gasteiger partial charge in [0.15, 0.2) is 10.2 Å². The molecule has 0 heterocycles. The standard InChI is InChI=1S/C18H30N4OS2/c1-4-7-8-14(5-2)13-19-17(24)21-22-18(25)20-15-9-11-16(12-10-15)23-6-3/h9-12,14H,4-8,13H2,1-3H3,(H2,19,21,24)(H2,20,22,25)/t14-/m1/s1. The molecular weight excluding hydrogens is 352 g/mol. The molecule has 0 saturated heterocycles. The quantitative estimate of drug-likeness (QED) is 0.381. The molecule has 0 aliphatic heterocycles. The van der Waals surface area contributed by atoms with E-state index in [0.717, 1.165) is 24.4 Å². The summed E-state index contributed by atoms with van der Waals surface area (Å²) < 4.78 is 5.41. The zero-order valence-electron chi connectivity index (χ0n) is 15.4. The van der Waals surface area contributed by atoms with E-state index in [-0.39, 0.29) is 0 Å². The maximum Gasteiger partial charge on any atom is 0.189 e. The van der Waals surface area contributed by atoms with Gasteiger partial charge in [0.25, 0.3) is 0 Å². The molecule has 0 fully saturated rings. The second kappa shape index (κ2) is 12.7. The first-order chi connectivity index (χ1) is 12.1. The van der Waals surface area contributed by atoms with Gasteiger partial charge in [0.2, 0.25) is 0 Å². The molecule has 0 aliphatic carbocycles. The second-order valence-corrected chi connectivity index (χ2v) is 6.60. The van der Waals surface area contributed by atoms with Gasteiger partial charge in [0.05, 0.1) is 6.61 Å². The number of unbranched alkanes of at least 4 members (excludes halogenated alkanes) is 1. The lowest BCUT2D eigenvalue weighted by Gasteiger charge is -2.18. The molecular formula is C18H30N4OS2. The highest BCUT2D eigenvalue weighted by Gasteiger charge is 2.06. The third-order valence-electron chi connectivity index (χ3n) is 3.81. The number of thiocarbonyl (C=S) groups is 2. The summed E-state index contributed by atoms with van der Waals surface area (Å²) in [4.78, 5) is 0. The zero-order chi connectivity index (χ0) is 18.5. The van der Waals surface area contributed by atoms with Crippen LogP contribution in [0.15, 0.2) is 24.3 Å². The van der Waals surface area contributed by atoms with Gasteiger partial charge in [-0.05, 0) is 68.0 Å². The third-order valence-corrected chi connectivity index (χ3v) is 4.26. The summed E-state index contributed by atoms with van der Waals surface area (Å²) in [5, 5.41) is 7.32. The molecule has 140 valence electrons. The van der Waals surface area contributed by atoms with Gasteiger partial charge in [-0.3, -0.25) is 10.9 Å². The first-order valence-electron chi connectivity index (χ1n) is 8.92. The molecule has 0 radical (unpaired) electrons. The minimum absolute atomic E-state index is 0.450. The van der Waals surface area contributed by atoms with Gasteiger partial charge >= 0.3 is 0 Å². The fourth-order valence-electron chi connectivity index (χ4n) is 2.30. The normalized spacial score (nSPS) is 11.3. The fourth-order valence-corrected chi connectivity index (χ4v) is 2.60. The highest BCUT2D eigenvalue weighted by molar-refractivity contribution is 7.80. The minimum atomic E-state index is 0.450. The lowest BCUT2D eigenvalue weighted by Crippen LogP contribution is -2.49. The van der Waals surface area contributed by atoms with Crippen molar-refractivity contribution in [3.63, 3.8) is 0 Å². The van der Waals surface area contributed by atoms with Crippen LogP contribution in [-0.2, 0) is 0 Å². The SMILES string of the molecule is CCCC[C@@H](CC)CNC(=S)NNC(=S)Nc1ccc(OCC)cc1. The summed E-state index contributed by atoms with van der Waals surface area (Å²) in [5.74, 6) is 1.48. The van der Waals surface area contributed by atoms with Gasteiger partial charge in [-0.15, -0.1) is 0 Å². The van der Waals surface area contributed by atoms with Crippen molar-refractivity contribution >= 4 is 40.3 Å². The van der Waals surface area contributed by atoms with E-state index in [1.807, 2.05) is 31.2 Å². The lowest BCUT2D eigenvalue weighted by molar-refractivity contribution is 0.340. The van der Waals surface area contributed by atoms with Crippen LogP contribution in [0, 0.1) is 5.92 Å². The minimum Gasteiger partial charge on any atom is -0.494 e. The van der Waals surface area contributed by atoms with Crippen molar-refractivity contribution in [2.75, 3.05) is 18.5 Å². The molecule has 0 aliphatic rings. The first kappa shape index (κ1) is 21.4. The van der Waals surface area contributed by atoms with E-state index in [4.69, 9.17) is 29.2 Å². The number of rotatable bonds is 9. The van der Waals surface area contributed by atoms with E-state index in [0.29, 0.717) is 22.7 Å². The van der Waals surface area contributed by atoms with E-state index in [9.17, 15) is 0 Å². The monoisotopic (exact) mass is 382 g/mol. The molecule has 1 aromatic carbocycles. The topological polar surface area (TPSA) is 57.3 Å². The summed E-state index contributed by atoms with van der Waals surface area (Å²) in [7, 11) is 0. The largest absolute Gasteiger partial charge is 0.494 e. The van der Waals surface area contributed by atoms with E-state index < -0.39 is 0 Å². The second-order valence-electron chi connectivity index (χ2n) is 5.79. The van der Waals surface area contributed by atoms with Crippen LogP contribution >= 0.6 is 24.4 Å². The van der Waals surface area contributed by atoms with Crippen molar-refractivity contribution in [2.45, 2.75) is 46.5 Å². The Bertz CT molecular complexity index is 522. The van der Waals surface area contributed by atoms with Gasteiger partial charge in [0, 0.05) is 12.2 Å². The van der Waals surface area contributed by atoms with Crippen LogP contribution in [0.3, 0.4) is 0 Å². The van der Waals surface area contributed by atoms with E-state index in [2.05, 4.69) is 35.3 Å². The molecule has 4 N–H and O–H groups in total. The van der Waals surface area contributed by atoms with Crippen LogP contribution < -0.4 is 26.2 Å². The van der Waals surface area contributed by atoms with Gasteiger partial charge < -0.3 is 15.4 Å². The van der Waals surface area contributed by atoms with Crippen LogP contribution in [0.25, 0.3) is 0 Å². The number of anilines is 1. The molecule has 5 nitrogen and oxygen atoms in total. The fraction of sp³-hybridized carbons (Fsp3) is 0.556. The molecule has 25 heavy (non-hydrogen) atoms. The molecule has 0 bridgehead atoms. The maximum atomic E-state index is 5.41. The number of hydrogen-bond acceptors (Lipinski definition) is 3. The van der Waals surface area contributed by atoms with Crippen LogP contribution in [0.4, 0.5) is 5.69 Å². The summed E-state index contributed by atoms with van der Waals surface area (Å²) >= 11 is 10.5. The summed E-state index contributed by atoms with van der Waals surface area (Å²) in [6.07, 6.45) is 4.87. The van der Waals surface area contributed by atoms with Gasteiger partial charge in [-0.2, -0.15) is 0 Å². The van der Waals surface area contributed by atoms with E-state index in [1.165, 1.54) is 19.3 Å². The Morgan fingerprint density at radius 3 is 2.32 bits per heavy atom. The molecule has 0 amide bonds. The Hall–Kier alpha value is -1.60. The van der Waals surface area contributed by atoms with Crippen LogP contribution in [0.1, 0.15) is 46.5 Å². The predicted octanol–water partition coefficient (Wildman–Crippen LogP) is 3.97. The number of hydrogen-bond donors (Lipinski definition) is 4. The molecule has 7 heteroatoms. The molecule has 0 unspecified atom stereocenters. The smallest absolute Gasteiger partial charge is 0.189 e. The molecule has 1 aromatic rings. The average molecular weight is 383 g/mol. The summed E-state index contributed by atoms with van der Waals surface area (Å²) in [5.41, 5.74) is 6.68. The molecule has 1 atom stereocenters. The van der Waals surface area contributed by atoms with Crippen LogP contribution in [0.5, 0.6) is 5.75 Å². The molecule has 0 aromatic heterocycles. The number of hydrazine groups is 1. The number of ether oxygens (including phenoxy) is 1. The van der Waals surface area contributed by atoms with Crippen LogP contribution in [-0.4, -0.2) is 23.4 Å². The molecule has 0 saturated carbocycles. The van der Waals surface area contributed by atoms with Gasteiger partial charge in [-0.25, -0.2) is 0 Å². The van der Waals surface area contributed by atoms with Crippen molar-refractivity contribution in [1.29, 1.82) is 0 Å². The van der Waals surface area contributed by atoms with Gasteiger partial charge in [-0.1, -0.05) is 33.1 Å². The Kier molecular flexibility index (Phi) is 10.9. The Morgan fingerprint density at radius 1 is 1.04 bits per heavy atom.